The molecule has 2 aliphatic heterocycles. The molecule has 0 N–H and O–H groups in total. The highest BCUT2D eigenvalue weighted by atomic mass is 16.5. The predicted molar refractivity (Wildman–Crippen MR) is 106 cm³/mol. The van der Waals surface area contributed by atoms with Crippen LogP contribution in [0.15, 0.2) is 18.3 Å². The van der Waals surface area contributed by atoms with E-state index < -0.39 is 0 Å². The zero-order valence-corrected chi connectivity index (χ0v) is 16.9. The third-order valence-electron chi connectivity index (χ3n) is 6.15. The number of nitrogens with zero attached hydrogens (tertiary/aromatic N) is 4. The molecule has 2 aliphatic rings. The Morgan fingerprint density at radius 1 is 1.36 bits per heavy atom. The second-order valence-electron chi connectivity index (χ2n) is 8.06. The van der Waals surface area contributed by atoms with E-state index in [-0.39, 0.29) is 17.6 Å². The molecule has 2 aromatic rings. The molecule has 2 aromatic heterocycles. The number of piperidine rings is 1. The third-order valence-corrected chi connectivity index (χ3v) is 6.15. The highest BCUT2D eigenvalue weighted by molar-refractivity contribution is 5.76. The lowest BCUT2D eigenvalue weighted by atomic mass is 9.84. The minimum absolute atomic E-state index is 0.0894. The van der Waals surface area contributed by atoms with Crippen LogP contribution in [0.25, 0.3) is 11.2 Å². The highest BCUT2D eigenvalue weighted by Crippen LogP contribution is 2.36. The van der Waals surface area contributed by atoms with Crippen LogP contribution in [-0.4, -0.2) is 64.4 Å². The lowest BCUT2D eigenvalue weighted by Gasteiger charge is -2.47. The molecule has 152 valence electrons. The van der Waals surface area contributed by atoms with Crippen molar-refractivity contribution in [2.75, 3.05) is 33.4 Å². The number of imidazole rings is 1. The van der Waals surface area contributed by atoms with Crippen LogP contribution >= 0.6 is 0 Å². The molecule has 4 rings (SSSR count). The first-order valence-corrected chi connectivity index (χ1v) is 10.3. The molecule has 0 unspecified atom stereocenters. The number of carbonyl (C=O) groups excluding carboxylic acids is 1. The maximum atomic E-state index is 12.6. The molecule has 0 aromatic carbocycles. The summed E-state index contributed by atoms with van der Waals surface area (Å²) < 4.78 is 13.2. The van der Waals surface area contributed by atoms with Gasteiger partial charge in [0.25, 0.3) is 0 Å². The Balaban J connectivity index is 1.36. The summed E-state index contributed by atoms with van der Waals surface area (Å²) in [5, 5.41) is 0. The Morgan fingerprint density at radius 3 is 2.82 bits per heavy atom. The monoisotopic (exact) mass is 386 g/mol. The van der Waals surface area contributed by atoms with Gasteiger partial charge in [-0.05, 0) is 44.7 Å². The average molecular weight is 386 g/mol. The Bertz CT molecular complexity index is 820. The van der Waals surface area contributed by atoms with Crippen LogP contribution < -0.4 is 0 Å². The first-order chi connectivity index (χ1) is 13.6. The van der Waals surface area contributed by atoms with Gasteiger partial charge in [-0.3, -0.25) is 4.79 Å². The SMILES string of the molecule is COC[C@@H](C)n1c(CCCC(=O)N2CCC3(CCO3)CC2)nc2cccnc21. The van der Waals surface area contributed by atoms with Gasteiger partial charge in [0.05, 0.1) is 24.9 Å². The Labute approximate surface area is 166 Å². The number of ether oxygens (including phenoxy) is 2. The number of amides is 1. The molecule has 2 saturated heterocycles. The predicted octanol–water partition coefficient (Wildman–Crippen LogP) is 2.74. The molecule has 1 spiro atoms. The van der Waals surface area contributed by atoms with Crippen LogP contribution in [0.5, 0.6) is 0 Å². The van der Waals surface area contributed by atoms with E-state index in [1.54, 1.807) is 13.3 Å². The standard InChI is InChI=1S/C21H30N4O3/c1-16(15-27-2)25-18(23-17-5-4-11-22-20(17)25)6-3-7-19(26)24-12-8-21(9-13-24)10-14-28-21/h4-5,11,16H,3,6-10,12-15H2,1-2H3/t16-/m1/s1. The summed E-state index contributed by atoms with van der Waals surface area (Å²) in [5.41, 5.74) is 1.87. The van der Waals surface area contributed by atoms with E-state index >= 15 is 0 Å². The maximum Gasteiger partial charge on any atom is 0.222 e. The molecule has 0 bridgehead atoms. The summed E-state index contributed by atoms with van der Waals surface area (Å²) in [7, 11) is 1.71. The van der Waals surface area contributed by atoms with E-state index in [1.807, 2.05) is 17.0 Å². The summed E-state index contributed by atoms with van der Waals surface area (Å²) in [5.74, 6) is 1.23. The summed E-state index contributed by atoms with van der Waals surface area (Å²) in [4.78, 5) is 23.9. The second kappa shape index (κ2) is 8.17. The Hall–Kier alpha value is -1.99. The molecule has 7 heteroatoms. The number of rotatable bonds is 7. The van der Waals surface area contributed by atoms with Crippen molar-refractivity contribution < 1.29 is 14.3 Å². The number of hydrogen-bond acceptors (Lipinski definition) is 5. The zero-order chi connectivity index (χ0) is 19.6. The first kappa shape index (κ1) is 19.3. The second-order valence-corrected chi connectivity index (χ2v) is 8.06. The Kier molecular flexibility index (Phi) is 5.64. The maximum absolute atomic E-state index is 12.6. The molecule has 7 nitrogen and oxygen atoms in total. The van der Waals surface area contributed by atoms with E-state index in [9.17, 15) is 4.79 Å². The Morgan fingerprint density at radius 2 is 2.14 bits per heavy atom. The third kappa shape index (κ3) is 3.78. The molecule has 28 heavy (non-hydrogen) atoms. The number of hydrogen-bond donors (Lipinski definition) is 0. The quantitative estimate of drug-likeness (QED) is 0.732. The van der Waals surface area contributed by atoms with Gasteiger partial charge in [-0.1, -0.05) is 0 Å². The van der Waals surface area contributed by atoms with Crippen molar-refractivity contribution in [3.63, 3.8) is 0 Å². The van der Waals surface area contributed by atoms with Gasteiger partial charge >= 0.3 is 0 Å². The van der Waals surface area contributed by atoms with Crippen molar-refractivity contribution in [3.8, 4) is 0 Å². The summed E-state index contributed by atoms with van der Waals surface area (Å²) in [6.07, 6.45) is 7.02. The summed E-state index contributed by atoms with van der Waals surface area (Å²) in [6.45, 7) is 5.25. The van der Waals surface area contributed by atoms with Gasteiger partial charge in [0.15, 0.2) is 5.65 Å². The molecule has 1 amide bonds. The molecule has 2 fully saturated rings. The van der Waals surface area contributed by atoms with Crippen LogP contribution in [0.2, 0.25) is 0 Å². The van der Waals surface area contributed by atoms with Gasteiger partial charge in [0, 0.05) is 39.2 Å². The van der Waals surface area contributed by atoms with Gasteiger partial charge in [0.1, 0.15) is 11.3 Å². The van der Waals surface area contributed by atoms with Crippen LogP contribution in [0.4, 0.5) is 0 Å². The van der Waals surface area contributed by atoms with Crippen molar-refractivity contribution in [3.05, 3.63) is 24.2 Å². The van der Waals surface area contributed by atoms with E-state index in [0.29, 0.717) is 13.0 Å². The molecule has 1 atom stereocenters. The van der Waals surface area contributed by atoms with E-state index in [4.69, 9.17) is 14.5 Å². The van der Waals surface area contributed by atoms with Crippen LogP contribution in [0, 0.1) is 0 Å². The first-order valence-electron chi connectivity index (χ1n) is 10.3. The number of methoxy groups -OCH3 is 1. The number of fused-ring (bicyclic) bond motifs is 1. The normalized spacial score (nSPS) is 19.7. The minimum atomic E-state index is 0.0894. The molecule has 0 radical (unpaired) electrons. The highest BCUT2D eigenvalue weighted by Gasteiger charge is 2.41. The van der Waals surface area contributed by atoms with Gasteiger partial charge < -0.3 is 18.9 Å². The van der Waals surface area contributed by atoms with Crippen molar-refractivity contribution in [1.29, 1.82) is 0 Å². The van der Waals surface area contributed by atoms with E-state index in [2.05, 4.69) is 16.5 Å². The molecular formula is C21H30N4O3. The zero-order valence-electron chi connectivity index (χ0n) is 16.9. The smallest absolute Gasteiger partial charge is 0.222 e. The van der Waals surface area contributed by atoms with Gasteiger partial charge in [-0.15, -0.1) is 0 Å². The number of aromatic nitrogens is 3. The average Bonchev–Trinajstić information content (AvgIpc) is 3.05. The van der Waals surface area contributed by atoms with Crippen LogP contribution in [-0.2, 0) is 20.7 Å². The minimum Gasteiger partial charge on any atom is -0.383 e. The van der Waals surface area contributed by atoms with Crippen molar-refractivity contribution in [2.24, 2.45) is 0 Å². The van der Waals surface area contributed by atoms with Crippen molar-refractivity contribution >= 4 is 17.1 Å². The lowest BCUT2D eigenvalue weighted by Crippen LogP contribution is -2.53. The topological polar surface area (TPSA) is 69.5 Å². The largest absolute Gasteiger partial charge is 0.383 e. The van der Waals surface area contributed by atoms with Crippen LogP contribution in [0.1, 0.15) is 50.9 Å². The fourth-order valence-electron chi connectivity index (χ4n) is 4.44. The van der Waals surface area contributed by atoms with Gasteiger partial charge in [-0.25, -0.2) is 9.97 Å². The number of likely N-dealkylation sites (tertiary alicyclic amines) is 1. The summed E-state index contributed by atoms with van der Waals surface area (Å²) >= 11 is 0. The van der Waals surface area contributed by atoms with Crippen LogP contribution in [0.3, 0.4) is 0 Å². The molecule has 0 aliphatic carbocycles. The number of carbonyl (C=O) groups is 1. The molecule has 4 heterocycles. The number of pyridine rings is 1. The molecule has 0 saturated carbocycles. The van der Waals surface area contributed by atoms with E-state index in [0.717, 1.165) is 68.8 Å². The fourth-order valence-corrected chi connectivity index (χ4v) is 4.44. The van der Waals surface area contributed by atoms with Gasteiger partial charge in [0.2, 0.25) is 5.91 Å². The van der Waals surface area contributed by atoms with Gasteiger partial charge in [-0.2, -0.15) is 0 Å². The number of aryl methyl sites for hydroxylation is 1. The lowest BCUT2D eigenvalue weighted by molar-refractivity contribution is -0.176. The molecular weight excluding hydrogens is 356 g/mol. The van der Waals surface area contributed by atoms with Crippen molar-refractivity contribution in [2.45, 2.75) is 57.1 Å². The summed E-state index contributed by atoms with van der Waals surface area (Å²) in [6, 6.07) is 4.04. The fraction of sp³-hybridized carbons (Fsp3) is 0.667. The van der Waals surface area contributed by atoms with Crippen molar-refractivity contribution in [1.82, 2.24) is 19.4 Å². The van der Waals surface area contributed by atoms with E-state index in [1.165, 1.54) is 0 Å².